The first kappa shape index (κ1) is 17.2. The molecule has 0 spiro atoms. The van der Waals surface area contributed by atoms with Crippen LogP contribution in [0.15, 0.2) is 47.4 Å². The molecule has 132 valence electrons. The maximum Gasteiger partial charge on any atom is 0.352 e. The molecule has 0 bridgehead atoms. The van der Waals surface area contributed by atoms with E-state index in [1.54, 1.807) is 11.4 Å². The number of carbonyl (C=O) groups excluding carboxylic acids is 1. The molecule has 0 atom stereocenters. The van der Waals surface area contributed by atoms with Crippen LogP contribution in [0.2, 0.25) is 0 Å². The Balaban J connectivity index is 1.84. The number of aliphatic hydroxyl groups is 1. The zero-order valence-corrected chi connectivity index (χ0v) is 13.0. The average molecular weight is 352 g/mol. The number of halogens is 3. The molecule has 0 saturated heterocycles. The molecule has 1 aromatic heterocycles. The minimum absolute atomic E-state index is 0.186. The quantitative estimate of drug-likeness (QED) is 0.888. The van der Waals surface area contributed by atoms with E-state index in [4.69, 9.17) is 0 Å². The summed E-state index contributed by atoms with van der Waals surface area (Å²) < 4.78 is 43.4. The second kappa shape index (κ2) is 6.03. The topological polar surface area (TPSA) is 71.3 Å². The zero-order valence-electron chi connectivity index (χ0n) is 13.0. The number of carbonyl (C=O) groups is 1. The van der Waals surface area contributed by atoms with E-state index in [-0.39, 0.29) is 18.5 Å². The van der Waals surface area contributed by atoms with Crippen molar-refractivity contribution in [2.24, 2.45) is 0 Å². The van der Waals surface area contributed by atoms with E-state index in [1.807, 2.05) is 0 Å². The first-order valence-corrected chi connectivity index (χ1v) is 7.64. The van der Waals surface area contributed by atoms with Gasteiger partial charge in [-0.15, -0.1) is 0 Å². The van der Waals surface area contributed by atoms with E-state index in [9.17, 15) is 27.9 Å². The van der Waals surface area contributed by atoms with Crippen LogP contribution in [0.5, 0.6) is 0 Å². The zero-order chi connectivity index (χ0) is 18.2. The fourth-order valence-corrected chi connectivity index (χ4v) is 2.63. The van der Waals surface area contributed by atoms with Crippen molar-refractivity contribution in [1.82, 2.24) is 4.57 Å². The number of nitrogens with one attached hydrogen (secondary N) is 1. The Labute approximate surface area is 140 Å². The second-order valence-corrected chi connectivity index (χ2v) is 5.99. The number of anilines is 1. The fourth-order valence-electron chi connectivity index (χ4n) is 2.63. The Bertz CT molecular complexity index is 875. The van der Waals surface area contributed by atoms with E-state index in [2.05, 4.69) is 0 Å². The van der Waals surface area contributed by atoms with Crippen LogP contribution in [0.4, 0.5) is 18.9 Å². The van der Waals surface area contributed by atoms with Crippen molar-refractivity contribution in [3.8, 4) is 5.69 Å². The van der Waals surface area contributed by atoms with Gasteiger partial charge in [-0.2, -0.15) is 8.78 Å². The SMILES string of the molecule is O=C(Nc1ccc(-n2ccccc2=O)cc1F)C(F)(F)C1(O)CCC1. The lowest BCUT2D eigenvalue weighted by atomic mass is 9.75. The number of pyridine rings is 1. The summed E-state index contributed by atoms with van der Waals surface area (Å²) in [4.78, 5) is 23.5. The van der Waals surface area contributed by atoms with Gasteiger partial charge in [-0.25, -0.2) is 4.39 Å². The first-order chi connectivity index (χ1) is 11.7. The Morgan fingerprint density at radius 1 is 1.24 bits per heavy atom. The molecule has 0 aliphatic heterocycles. The Morgan fingerprint density at radius 2 is 1.96 bits per heavy atom. The van der Waals surface area contributed by atoms with Gasteiger partial charge in [0.1, 0.15) is 11.4 Å². The van der Waals surface area contributed by atoms with Gasteiger partial charge in [0.15, 0.2) is 0 Å². The van der Waals surface area contributed by atoms with Crippen LogP contribution in [-0.2, 0) is 4.79 Å². The van der Waals surface area contributed by atoms with Crippen molar-refractivity contribution >= 4 is 11.6 Å². The molecule has 25 heavy (non-hydrogen) atoms. The van der Waals surface area contributed by atoms with E-state index in [0.29, 0.717) is 6.42 Å². The molecule has 1 heterocycles. The molecule has 1 saturated carbocycles. The highest BCUT2D eigenvalue weighted by molar-refractivity contribution is 5.97. The lowest BCUT2D eigenvalue weighted by Crippen LogP contribution is -2.59. The molecule has 8 heteroatoms. The van der Waals surface area contributed by atoms with Gasteiger partial charge >= 0.3 is 5.92 Å². The molecule has 0 radical (unpaired) electrons. The molecule has 1 aliphatic carbocycles. The number of hydrogen-bond donors (Lipinski definition) is 2. The summed E-state index contributed by atoms with van der Waals surface area (Å²) in [5, 5.41) is 11.5. The minimum atomic E-state index is -4.02. The minimum Gasteiger partial charge on any atom is -0.383 e. The van der Waals surface area contributed by atoms with Gasteiger partial charge in [-0.1, -0.05) is 6.07 Å². The summed E-state index contributed by atoms with van der Waals surface area (Å²) in [6, 6.07) is 7.74. The fraction of sp³-hybridized carbons (Fsp3) is 0.294. The van der Waals surface area contributed by atoms with Crippen LogP contribution in [0.1, 0.15) is 19.3 Å². The maximum absolute atomic E-state index is 14.2. The van der Waals surface area contributed by atoms with Gasteiger partial charge in [-0.3, -0.25) is 14.2 Å². The first-order valence-electron chi connectivity index (χ1n) is 7.64. The number of rotatable bonds is 4. The van der Waals surface area contributed by atoms with Gasteiger partial charge in [0.05, 0.1) is 11.4 Å². The monoisotopic (exact) mass is 352 g/mol. The highest BCUT2D eigenvalue weighted by Crippen LogP contribution is 2.44. The number of hydrogen-bond acceptors (Lipinski definition) is 3. The third kappa shape index (κ3) is 2.93. The summed E-state index contributed by atoms with van der Waals surface area (Å²) in [5.41, 5.74) is -3.05. The van der Waals surface area contributed by atoms with E-state index < -0.39 is 34.5 Å². The lowest BCUT2D eigenvalue weighted by molar-refractivity contribution is -0.212. The number of benzene rings is 1. The Kier molecular flexibility index (Phi) is 4.16. The lowest BCUT2D eigenvalue weighted by Gasteiger charge is -2.41. The van der Waals surface area contributed by atoms with Crippen molar-refractivity contribution in [3.05, 3.63) is 58.8 Å². The second-order valence-electron chi connectivity index (χ2n) is 5.99. The van der Waals surface area contributed by atoms with Crippen LogP contribution in [-0.4, -0.2) is 27.1 Å². The van der Waals surface area contributed by atoms with Crippen LogP contribution < -0.4 is 10.9 Å². The molecule has 1 aliphatic rings. The summed E-state index contributed by atoms with van der Waals surface area (Å²) in [6.45, 7) is 0. The summed E-state index contributed by atoms with van der Waals surface area (Å²) >= 11 is 0. The molecule has 1 amide bonds. The van der Waals surface area contributed by atoms with Gasteiger partial charge in [0.2, 0.25) is 0 Å². The molecular formula is C17H15F3N2O3. The highest BCUT2D eigenvalue weighted by atomic mass is 19.3. The maximum atomic E-state index is 14.2. The van der Waals surface area contributed by atoms with Crippen molar-refractivity contribution in [3.63, 3.8) is 0 Å². The van der Waals surface area contributed by atoms with E-state index in [1.165, 1.54) is 29.0 Å². The number of nitrogens with zero attached hydrogens (tertiary/aromatic N) is 1. The van der Waals surface area contributed by atoms with Crippen LogP contribution in [0, 0.1) is 5.82 Å². The summed E-state index contributed by atoms with van der Waals surface area (Å²) in [6.07, 6.45) is 1.45. The standard InChI is InChI=1S/C17H15F3N2O3/c18-12-10-11(22-9-2-1-4-14(22)23)5-6-13(12)21-15(24)17(19,20)16(25)7-3-8-16/h1-2,4-6,9-10,25H,3,7-8H2,(H,21,24). The third-order valence-electron chi connectivity index (χ3n) is 4.35. The Morgan fingerprint density at radius 3 is 2.52 bits per heavy atom. The number of alkyl halides is 2. The number of amides is 1. The summed E-state index contributed by atoms with van der Waals surface area (Å²) in [7, 11) is 0. The van der Waals surface area contributed by atoms with Crippen LogP contribution >= 0.6 is 0 Å². The van der Waals surface area contributed by atoms with Crippen LogP contribution in [0.25, 0.3) is 5.69 Å². The molecular weight excluding hydrogens is 337 g/mol. The van der Waals surface area contributed by atoms with Gasteiger partial charge in [-0.05, 0) is 37.5 Å². The van der Waals surface area contributed by atoms with E-state index in [0.717, 1.165) is 12.1 Å². The summed E-state index contributed by atoms with van der Waals surface area (Å²) in [5.74, 6) is -6.76. The molecule has 0 unspecified atom stereocenters. The van der Waals surface area contributed by atoms with Gasteiger partial charge in [0.25, 0.3) is 11.5 Å². The molecule has 3 rings (SSSR count). The average Bonchev–Trinajstić information content (AvgIpc) is 2.54. The Hall–Kier alpha value is -2.61. The van der Waals surface area contributed by atoms with Crippen molar-refractivity contribution in [1.29, 1.82) is 0 Å². The molecule has 1 aromatic carbocycles. The van der Waals surface area contributed by atoms with Crippen molar-refractivity contribution in [2.75, 3.05) is 5.32 Å². The van der Waals surface area contributed by atoms with Gasteiger partial charge < -0.3 is 10.4 Å². The van der Waals surface area contributed by atoms with E-state index >= 15 is 0 Å². The predicted molar refractivity (Wildman–Crippen MR) is 84.4 cm³/mol. The predicted octanol–water partition coefficient (Wildman–Crippen LogP) is 2.47. The van der Waals surface area contributed by atoms with Crippen LogP contribution in [0.3, 0.4) is 0 Å². The molecule has 2 aromatic rings. The van der Waals surface area contributed by atoms with Gasteiger partial charge in [0, 0.05) is 18.3 Å². The largest absolute Gasteiger partial charge is 0.383 e. The smallest absolute Gasteiger partial charge is 0.352 e. The normalized spacial score (nSPS) is 16.2. The number of aromatic nitrogens is 1. The molecule has 2 N–H and O–H groups in total. The van der Waals surface area contributed by atoms with Crippen molar-refractivity contribution in [2.45, 2.75) is 30.8 Å². The van der Waals surface area contributed by atoms with Crippen molar-refractivity contribution < 1.29 is 23.1 Å². The molecule has 5 nitrogen and oxygen atoms in total. The third-order valence-corrected chi connectivity index (χ3v) is 4.35. The molecule has 1 fully saturated rings. The highest BCUT2D eigenvalue weighted by Gasteiger charge is 2.61.